The Hall–Kier alpha value is -1.91. The van der Waals surface area contributed by atoms with Crippen LogP contribution in [0, 0.1) is 5.92 Å². The molecule has 1 saturated carbocycles. The van der Waals surface area contributed by atoms with E-state index in [2.05, 4.69) is 10.3 Å². The molecule has 2 aliphatic rings. The quantitative estimate of drug-likeness (QED) is 0.928. The summed E-state index contributed by atoms with van der Waals surface area (Å²) in [7, 11) is 0. The lowest BCUT2D eigenvalue weighted by molar-refractivity contribution is -0.136. The van der Waals surface area contributed by atoms with Crippen molar-refractivity contribution in [2.24, 2.45) is 5.92 Å². The van der Waals surface area contributed by atoms with Crippen molar-refractivity contribution in [3.63, 3.8) is 0 Å². The zero-order valence-corrected chi connectivity index (χ0v) is 12.8. The lowest BCUT2D eigenvalue weighted by atomic mass is 9.99. The summed E-state index contributed by atoms with van der Waals surface area (Å²) in [6.45, 7) is 1.75. The Morgan fingerprint density at radius 1 is 1.05 bits per heavy atom. The second-order valence-corrected chi connectivity index (χ2v) is 6.24. The second-order valence-electron chi connectivity index (χ2n) is 6.24. The first-order chi connectivity index (χ1) is 10.8. The number of rotatable bonds is 3. The number of nitrogens with zero attached hydrogens (tertiary/aromatic N) is 2. The first-order valence-corrected chi connectivity index (χ1v) is 8.25. The molecule has 1 N–H and O–H groups in total. The zero-order valence-electron chi connectivity index (χ0n) is 12.8. The number of carbonyl (C=O) groups is 2. The molecule has 5 nitrogen and oxygen atoms in total. The molecule has 1 aliphatic heterocycles. The van der Waals surface area contributed by atoms with Crippen LogP contribution in [0.1, 0.15) is 48.9 Å². The Morgan fingerprint density at radius 2 is 1.77 bits per heavy atom. The summed E-state index contributed by atoms with van der Waals surface area (Å²) in [6.07, 6.45) is 9.43. The van der Waals surface area contributed by atoms with Gasteiger partial charge in [-0.25, -0.2) is 0 Å². The third-order valence-electron chi connectivity index (χ3n) is 4.76. The number of hydrogen-bond acceptors (Lipinski definition) is 3. The van der Waals surface area contributed by atoms with Crippen LogP contribution in [0.2, 0.25) is 0 Å². The molecule has 1 aromatic heterocycles. The van der Waals surface area contributed by atoms with Crippen LogP contribution in [-0.4, -0.2) is 40.8 Å². The molecule has 22 heavy (non-hydrogen) atoms. The number of aromatic nitrogens is 1. The monoisotopic (exact) mass is 301 g/mol. The van der Waals surface area contributed by atoms with Crippen LogP contribution in [0.5, 0.6) is 0 Å². The second kappa shape index (κ2) is 6.90. The normalized spacial score (nSPS) is 25.0. The fourth-order valence-electron chi connectivity index (χ4n) is 3.53. The third kappa shape index (κ3) is 3.29. The van der Waals surface area contributed by atoms with Crippen molar-refractivity contribution < 1.29 is 9.59 Å². The molecule has 2 heterocycles. The Bertz CT molecular complexity index is 526. The predicted molar refractivity (Wildman–Crippen MR) is 83.3 cm³/mol. The number of nitrogens with one attached hydrogen (secondary N) is 1. The highest BCUT2D eigenvalue weighted by Gasteiger charge is 2.36. The molecular formula is C17H23N3O2. The predicted octanol–water partition coefficient (Wildman–Crippen LogP) is 1.99. The molecule has 5 heteroatoms. The van der Waals surface area contributed by atoms with Gasteiger partial charge in [-0.05, 0) is 44.2 Å². The zero-order chi connectivity index (χ0) is 15.4. The van der Waals surface area contributed by atoms with Gasteiger partial charge in [-0.1, -0.05) is 6.42 Å². The number of hydrogen-bond donors (Lipinski definition) is 1. The minimum atomic E-state index is -0.106. The molecule has 0 radical (unpaired) electrons. The summed E-state index contributed by atoms with van der Waals surface area (Å²) in [6, 6.07) is 3.37. The van der Waals surface area contributed by atoms with Gasteiger partial charge in [0, 0.05) is 37.1 Å². The van der Waals surface area contributed by atoms with E-state index >= 15 is 0 Å². The van der Waals surface area contributed by atoms with E-state index in [0.717, 1.165) is 45.2 Å². The highest BCUT2D eigenvalue weighted by molar-refractivity contribution is 5.94. The fourth-order valence-corrected chi connectivity index (χ4v) is 3.53. The van der Waals surface area contributed by atoms with E-state index in [0.29, 0.717) is 5.56 Å². The van der Waals surface area contributed by atoms with Crippen molar-refractivity contribution in [2.75, 3.05) is 13.1 Å². The van der Waals surface area contributed by atoms with Gasteiger partial charge in [0.1, 0.15) is 0 Å². The average Bonchev–Trinajstić information content (AvgIpc) is 3.04. The van der Waals surface area contributed by atoms with Gasteiger partial charge in [-0.15, -0.1) is 0 Å². The highest BCUT2D eigenvalue weighted by Crippen LogP contribution is 2.28. The summed E-state index contributed by atoms with van der Waals surface area (Å²) in [5.74, 6) is 0.0758. The number of likely N-dealkylation sites (tertiary alicyclic amines) is 1. The van der Waals surface area contributed by atoms with E-state index in [-0.39, 0.29) is 23.8 Å². The summed E-state index contributed by atoms with van der Waals surface area (Å²) < 4.78 is 0. The number of piperidine rings is 1. The van der Waals surface area contributed by atoms with Gasteiger partial charge in [0.05, 0.1) is 5.92 Å². The van der Waals surface area contributed by atoms with E-state index in [1.54, 1.807) is 24.5 Å². The summed E-state index contributed by atoms with van der Waals surface area (Å²) in [4.78, 5) is 30.9. The lowest BCUT2D eigenvalue weighted by Crippen LogP contribution is -2.47. The minimum Gasteiger partial charge on any atom is -0.349 e. The van der Waals surface area contributed by atoms with E-state index in [4.69, 9.17) is 0 Å². The number of amides is 2. The Balaban J connectivity index is 1.63. The molecule has 118 valence electrons. The van der Waals surface area contributed by atoms with E-state index in [1.807, 2.05) is 4.90 Å². The molecule has 1 saturated heterocycles. The van der Waals surface area contributed by atoms with Crippen LogP contribution in [0.25, 0.3) is 0 Å². The van der Waals surface area contributed by atoms with Gasteiger partial charge in [-0.2, -0.15) is 0 Å². The molecule has 0 unspecified atom stereocenters. The van der Waals surface area contributed by atoms with Gasteiger partial charge in [0.2, 0.25) is 5.91 Å². The Morgan fingerprint density at radius 3 is 2.50 bits per heavy atom. The van der Waals surface area contributed by atoms with Gasteiger partial charge in [0.15, 0.2) is 0 Å². The molecule has 1 aromatic rings. The van der Waals surface area contributed by atoms with Crippen LogP contribution in [0.4, 0.5) is 0 Å². The average molecular weight is 301 g/mol. The SMILES string of the molecule is O=C(N[C@@H]1CCC[C@@H]1C(=O)N1CCCCC1)c1ccncc1. The summed E-state index contributed by atoms with van der Waals surface area (Å²) >= 11 is 0. The fraction of sp³-hybridized carbons (Fsp3) is 0.588. The standard InChI is InChI=1S/C17H23N3O2/c21-16(13-7-9-18-10-8-13)19-15-6-4-5-14(15)17(22)20-11-2-1-3-12-20/h7-10,14-15H,1-6,11-12H2,(H,19,21)/t14-,15+/m0/s1. The third-order valence-corrected chi connectivity index (χ3v) is 4.76. The van der Waals surface area contributed by atoms with Gasteiger partial charge < -0.3 is 10.2 Å². The lowest BCUT2D eigenvalue weighted by Gasteiger charge is -2.31. The molecule has 0 aromatic carbocycles. The van der Waals surface area contributed by atoms with Crippen LogP contribution >= 0.6 is 0 Å². The largest absolute Gasteiger partial charge is 0.349 e. The van der Waals surface area contributed by atoms with Gasteiger partial charge in [-0.3, -0.25) is 14.6 Å². The van der Waals surface area contributed by atoms with Crippen LogP contribution in [-0.2, 0) is 4.79 Å². The van der Waals surface area contributed by atoms with Crippen molar-refractivity contribution in [3.8, 4) is 0 Å². The van der Waals surface area contributed by atoms with Crippen molar-refractivity contribution in [1.82, 2.24) is 15.2 Å². The Labute approximate surface area is 131 Å². The van der Waals surface area contributed by atoms with Crippen molar-refractivity contribution in [3.05, 3.63) is 30.1 Å². The topological polar surface area (TPSA) is 62.3 Å². The van der Waals surface area contributed by atoms with E-state index in [1.165, 1.54) is 6.42 Å². The van der Waals surface area contributed by atoms with Crippen LogP contribution in [0.3, 0.4) is 0 Å². The van der Waals surface area contributed by atoms with Gasteiger partial charge in [0.25, 0.3) is 5.91 Å². The summed E-state index contributed by atoms with van der Waals surface area (Å²) in [5, 5.41) is 3.05. The maximum absolute atomic E-state index is 12.7. The molecule has 2 amide bonds. The Kier molecular flexibility index (Phi) is 4.71. The van der Waals surface area contributed by atoms with Crippen molar-refractivity contribution in [1.29, 1.82) is 0 Å². The number of pyridine rings is 1. The van der Waals surface area contributed by atoms with Gasteiger partial charge >= 0.3 is 0 Å². The minimum absolute atomic E-state index is 0.0323. The smallest absolute Gasteiger partial charge is 0.251 e. The molecule has 0 bridgehead atoms. The van der Waals surface area contributed by atoms with Crippen LogP contribution in [0.15, 0.2) is 24.5 Å². The maximum atomic E-state index is 12.7. The molecule has 2 fully saturated rings. The molecule has 1 aliphatic carbocycles. The first-order valence-electron chi connectivity index (χ1n) is 8.25. The van der Waals surface area contributed by atoms with Crippen molar-refractivity contribution >= 4 is 11.8 Å². The van der Waals surface area contributed by atoms with Crippen LogP contribution < -0.4 is 5.32 Å². The molecular weight excluding hydrogens is 278 g/mol. The van der Waals surface area contributed by atoms with Crippen molar-refractivity contribution in [2.45, 2.75) is 44.6 Å². The molecule has 0 spiro atoms. The number of carbonyl (C=O) groups excluding carboxylic acids is 2. The maximum Gasteiger partial charge on any atom is 0.251 e. The van der Waals surface area contributed by atoms with E-state index in [9.17, 15) is 9.59 Å². The molecule has 3 rings (SSSR count). The van der Waals surface area contributed by atoms with E-state index < -0.39 is 0 Å². The summed E-state index contributed by atoms with van der Waals surface area (Å²) in [5.41, 5.74) is 0.603. The molecule has 2 atom stereocenters. The first kappa shape index (κ1) is 15.0. The highest BCUT2D eigenvalue weighted by atomic mass is 16.2.